The van der Waals surface area contributed by atoms with E-state index in [0.717, 1.165) is 4.31 Å². The average molecular weight is 454 g/mol. The quantitative estimate of drug-likeness (QED) is 0.514. The van der Waals surface area contributed by atoms with Crippen LogP contribution < -0.4 is 14.5 Å². The first-order valence-corrected chi connectivity index (χ1v) is 10.2. The zero-order chi connectivity index (χ0) is 20.0. The van der Waals surface area contributed by atoms with Crippen LogP contribution in [-0.2, 0) is 14.8 Å². The number of sulfonamides is 1. The van der Waals surface area contributed by atoms with E-state index < -0.39 is 22.5 Å². The molecule has 144 valence electrons. The van der Waals surface area contributed by atoms with Gasteiger partial charge in [0.25, 0.3) is 15.9 Å². The van der Waals surface area contributed by atoms with Crippen LogP contribution >= 0.6 is 15.9 Å². The standard InChI is InChI=1S/C18H20BrN3O4S/c1-13(2)20-21-18(23)12-22(15-7-5-4-6-8-15)27(24,25)17-11-14(19)9-10-16(17)26-3/h4-11H,12H2,1-3H3,(H,21,23). The molecule has 0 bridgehead atoms. The molecular weight excluding hydrogens is 434 g/mol. The minimum absolute atomic E-state index is 0.0498. The minimum atomic E-state index is -4.08. The highest BCUT2D eigenvalue weighted by atomic mass is 79.9. The van der Waals surface area contributed by atoms with Crippen LogP contribution in [0.1, 0.15) is 13.8 Å². The van der Waals surface area contributed by atoms with E-state index in [1.807, 2.05) is 0 Å². The minimum Gasteiger partial charge on any atom is -0.495 e. The van der Waals surface area contributed by atoms with Crippen molar-refractivity contribution in [3.8, 4) is 5.75 Å². The van der Waals surface area contributed by atoms with Gasteiger partial charge in [-0.15, -0.1) is 0 Å². The van der Waals surface area contributed by atoms with Crippen LogP contribution in [0, 0.1) is 0 Å². The molecule has 0 saturated carbocycles. The fraction of sp³-hybridized carbons (Fsp3) is 0.222. The number of hydrogen-bond donors (Lipinski definition) is 1. The molecule has 2 rings (SSSR count). The Morgan fingerprint density at radius 1 is 1.19 bits per heavy atom. The van der Waals surface area contributed by atoms with Crippen molar-refractivity contribution in [3.05, 3.63) is 53.0 Å². The van der Waals surface area contributed by atoms with Gasteiger partial charge in [0.15, 0.2) is 0 Å². The third-order valence-corrected chi connectivity index (χ3v) is 5.72. The van der Waals surface area contributed by atoms with Crippen LogP contribution in [0.5, 0.6) is 5.75 Å². The number of carbonyl (C=O) groups is 1. The Hall–Kier alpha value is -2.39. The molecule has 0 aliphatic heterocycles. The molecule has 0 fully saturated rings. The molecule has 0 radical (unpaired) electrons. The highest BCUT2D eigenvalue weighted by Crippen LogP contribution is 2.32. The Morgan fingerprint density at radius 3 is 2.44 bits per heavy atom. The SMILES string of the molecule is COc1ccc(Br)cc1S(=O)(=O)N(CC(=O)NN=C(C)C)c1ccccc1. The predicted molar refractivity (Wildman–Crippen MR) is 109 cm³/mol. The lowest BCUT2D eigenvalue weighted by molar-refractivity contribution is -0.119. The van der Waals surface area contributed by atoms with Gasteiger partial charge in [-0.05, 0) is 44.2 Å². The van der Waals surface area contributed by atoms with Crippen molar-refractivity contribution in [2.45, 2.75) is 18.7 Å². The van der Waals surface area contributed by atoms with Crippen molar-refractivity contribution in [3.63, 3.8) is 0 Å². The summed E-state index contributed by atoms with van der Waals surface area (Å²) in [7, 11) is -2.69. The number of benzene rings is 2. The second-order valence-electron chi connectivity index (χ2n) is 5.74. The highest BCUT2D eigenvalue weighted by Gasteiger charge is 2.30. The Labute approximate surface area is 167 Å². The fourth-order valence-electron chi connectivity index (χ4n) is 2.22. The topological polar surface area (TPSA) is 88.1 Å². The molecular formula is C18H20BrN3O4S. The molecule has 0 aliphatic carbocycles. The second-order valence-corrected chi connectivity index (χ2v) is 8.48. The summed E-state index contributed by atoms with van der Waals surface area (Å²) in [6, 6.07) is 13.0. The number of amides is 1. The summed E-state index contributed by atoms with van der Waals surface area (Å²) in [5.74, 6) is -0.375. The monoisotopic (exact) mass is 453 g/mol. The highest BCUT2D eigenvalue weighted by molar-refractivity contribution is 9.10. The maximum absolute atomic E-state index is 13.3. The molecule has 0 spiro atoms. The number of nitrogens with one attached hydrogen (secondary N) is 1. The lowest BCUT2D eigenvalue weighted by Crippen LogP contribution is -2.39. The van der Waals surface area contributed by atoms with E-state index in [-0.39, 0.29) is 10.6 Å². The molecule has 0 unspecified atom stereocenters. The number of halogens is 1. The number of methoxy groups -OCH3 is 1. The van der Waals surface area contributed by atoms with Crippen molar-refractivity contribution in [2.75, 3.05) is 18.0 Å². The summed E-state index contributed by atoms with van der Waals surface area (Å²) in [4.78, 5) is 12.2. The van der Waals surface area contributed by atoms with E-state index in [1.54, 1.807) is 56.3 Å². The summed E-state index contributed by atoms with van der Waals surface area (Å²) in [6.45, 7) is 3.01. The van der Waals surface area contributed by atoms with E-state index >= 15 is 0 Å². The van der Waals surface area contributed by atoms with Gasteiger partial charge in [0.05, 0.1) is 12.8 Å². The molecule has 7 nitrogen and oxygen atoms in total. The number of rotatable bonds is 7. The third-order valence-electron chi connectivity index (χ3n) is 3.43. The van der Waals surface area contributed by atoms with Crippen molar-refractivity contribution in [1.29, 1.82) is 0 Å². The first-order valence-electron chi connectivity index (χ1n) is 7.96. The Bertz CT molecular complexity index is 942. The van der Waals surface area contributed by atoms with Crippen LogP contribution in [-0.4, -0.2) is 33.7 Å². The average Bonchev–Trinajstić information content (AvgIpc) is 2.65. The van der Waals surface area contributed by atoms with Gasteiger partial charge >= 0.3 is 0 Å². The number of hydrogen-bond acceptors (Lipinski definition) is 5. The molecule has 1 N–H and O–H groups in total. The van der Waals surface area contributed by atoms with Crippen LogP contribution in [0.2, 0.25) is 0 Å². The molecule has 0 aromatic heterocycles. The van der Waals surface area contributed by atoms with Gasteiger partial charge in [0.2, 0.25) is 0 Å². The number of ether oxygens (including phenoxy) is 1. The number of carbonyl (C=O) groups excluding carboxylic acids is 1. The summed E-state index contributed by atoms with van der Waals surface area (Å²) in [5.41, 5.74) is 3.35. The van der Waals surface area contributed by atoms with Gasteiger partial charge in [-0.2, -0.15) is 5.10 Å². The number of nitrogens with zero attached hydrogens (tertiary/aromatic N) is 2. The van der Waals surface area contributed by atoms with Crippen molar-refractivity contribution in [1.82, 2.24) is 5.43 Å². The largest absolute Gasteiger partial charge is 0.495 e. The second kappa shape index (κ2) is 9.01. The molecule has 2 aromatic rings. The van der Waals surface area contributed by atoms with E-state index in [2.05, 4.69) is 26.5 Å². The predicted octanol–water partition coefficient (Wildman–Crippen LogP) is 3.17. The van der Waals surface area contributed by atoms with E-state index in [0.29, 0.717) is 15.9 Å². The van der Waals surface area contributed by atoms with E-state index in [4.69, 9.17) is 4.74 Å². The van der Waals surface area contributed by atoms with Gasteiger partial charge in [-0.25, -0.2) is 13.8 Å². The van der Waals surface area contributed by atoms with Crippen molar-refractivity contribution >= 4 is 43.3 Å². The van der Waals surface area contributed by atoms with Gasteiger partial charge in [0.1, 0.15) is 17.2 Å². The number of anilines is 1. The molecule has 9 heteroatoms. The lowest BCUT2D eigenvalue weighted by Gasteiger charge is -2.24. The van der Waals surface area contributed by atoms with Crippen molar-refractivity contribution < 1.29 is 17.9 Å². The zero-order valence-electron chi connectivity index (χ0n) is 15.1. The molecule has 0 heterocycles. The van der Waals surface area contributed by atoms with Gasteiger partial charge in [-0.3, -0.25) is 9.10 Å². The molecule has 0 aliphatic rings. The van der Waals surface area contributed by atoms with Crippen LogP contribution in [0.4, 0.5) is 5.69 Å². The van der Waals surface area contributed by atoms with Gasteiger partial charge in [-0.1, -0.05) is 34.1 Å². The summed E-state index contributed by atoms with van der Waals surface area (Å²) in [6.07, 6.45) is 0. The summed E-state index contributed by atoms with van der Waals surface area (Å²) < 4.78 is 33.5. The van der Waals surface area contributed by atoms with Gasteiger partial charge < -0.3 is 4.74 Å². The van der Waals surface area contributed by atoms with E-state index in [9.17, 15) is 13.2 Å². The number of hydrazone groups is 1. The lowest BCUT2D eigenvalue weighted by atomic mass is 10.3. The summed E-state index contributed by atoms with van der Waals surface area (Å²) >= 11 is 3.28. The Balaban J connectivity index is 2.51. The molecule has 0 atom stereocenters. The molecule has 0 saturated heterocycles. The Kier molecular flexibility index (Phi) is 6.98. The third kappa shape index (κ3) is 5.30. The summed E-state index contributed by atoms with van der Waals surface area (Å²) in [5, 5.41) is 3.84. The van der Waals surface area contributed by atoms with Crippen LogP contribution in [0.3, 0.4) is 0 Å². The van der Waals surface area contributed by atoms with Gasteiger partial charge in [0, 0.05) is 10.2 Å². The normalized spacial score (nSPS) is 10.8. The van der Waals surface area contributed by atoms with Crippen molar-refractivity contribution in [2.24, 2.45) is 5.10 Å². The fourth-order valence-corrected chi connectivity index (χ4v) is 4.34. The van der Waals surface area contributed by atoms with E-state index in [1.165, 1.54) is 13.2 Å². The maximum atomic E-state index is 13.3. The molecule has 27 heavy (non-hydrogen) atoms. The first-order chi connectivity index (χ1) is 12.8. The van der Waals surface area contributed by atoms with Crippen LogP contribution in [0.15, 0.2) is 63.0 Å². The van der Waals surface area contributed by atoms with Crippen LogP contribution in [0.25, 0.3) is 0 Å². The maximum Gasteiger partial charge on any atom is 0.268 e. The molecule has 1 amide bonds. The zero-order valence-corrected chi connectivity index (χ0v) is 17.5. The first kappa shape index (κ1) is 20.9. The Morgan fingerprint density at radius 2 is 1.85 bits per heavy atom. The number of para-hydroxylation sites is 1. The molecule has 2 aromatic carbocycles. The smallest absolute Gasteiger partial charge is 0.268 e.